The second-order valence-electron chi connectivity index (χ2n) is 9.23. The van der Waals surface area contributed by atoms with Gasteiger partial charge in [0, 0.05) is 11.3 Å². The molecule has 6 aromatic rings. The molecule has 0 bridgehead atoms. The highest BCUT2D eigenvalue weighted by molar-refractivity contribution is 6.32. The summed E-state index contributed by atoms with van der Waals surface area (Å²) in [4.78, 5) is 22.6. The number of anilines is 1. The SMILES string of the molecule is Cc1ccccc1-n1c(Cn2nc(-c3ccc(O)c(Cl)c3)c3c(N)ncnc32)cc2cccc(C)c2c1=O. The number of phenolic OH excluding ortho intramolecular Hbond substituents is 1. The molecule has 9 heteroatoms. The molecular weight excluding hydrogens is 500 g/mol. The summed E-state index contributed by atoms with van der Waals surface area (Å²) in [6, 6.07) is 20.5. The number of pyridine rings is 1. The number of phenols is 1. The predicted molar refractivity (Wildman–Crippen MR) is 150 cm³/mol. The summed E-state index contributed by atoms with van der Waals surface area (Å²) in [5.41, 5.74) is 11.3. The number of hydrogen-bond acceptors (Lipinski definition) is 6. The first-order chi connectivity index (χ1) is 18.3. The molecule has 3 aromatic heterocycles. The highest BCUT2D eigenvalue weighted by Crippen LogP contribution is 2.34. The lowest BCUT2D eigenvalue weighted by Crippen LogP contribution is -2.25. The fourth-order valence-electron chi connectivity index (χ4n) is 4.93. The van der Waals surface area contributed by atoms with Crippen molar-refractivity contribution in [3.8, 4) is 22.7 Å². The van der Waals surface area contributed by atoms with Crippen LogP contribution in [-0.2, 0) is 6.54 Å². The van der Waals surface area contributed by atoms with Crippen LogP contribution in [0.25, 0.3) is 38.8 Å². The Balaban J connectivity index is 1.62. The molecule has 0 spiro atoms. The largest absolute Gasteiger partial charge is 0.506 e. The van der Waals surface area contributed by atoms with Crippen LogP contribution in [0.2, 0.25) is 5.02 Å². The molecule has 188 valence electrons. The zero-order valence-electron chi connectivity index (χ0n) is 20.7. The van der Waals surface area contributed by atoms with Crippen molar-refractivity contribution in [3.05, 3.63) is 105 Å². The summed E-state index contributed by atoms with van der Waals surface area (Å²) in [7, 11) is 0. The van der Waals surface area contributed by atoms with Gasteiger partial charge in [-0.3, -0.25) is 9.36 Å². The maximum Gasteiger partial charge on any atom is 0.263 e. The standard InChI is InChI=1S/C29H23ClN6O2/c1-16-6-3-4-9-22(16)36-20(12-18-8-5-7-17(2)24(18)29(36)38)14-35-28-25(27(31)32-15-33-28)26(34-35)19-10-11-23(37)21(30)13-19/h3-13,15,37H,14H2,1-2H3,(H2,31,32,33). The van der Waals surface area contributed by atoms with Crippen molar-refractivity contribution in [2.45, 2.75) is 20.4 Å². The molecule has 3 N–H and O–H groups in total. The van der Waals surface area contributed by atoms with Gasteiger partial charge in [-0.2, -0.15) is 5.10 Å². The second-order valence-corrected chi connectivity index (χ2v) is 9.64. The number of nitrogens with zero attached hydrogens (tertiary/aromatic N) is 5. The van der Waals surface area contributed by atoms with Crippen molar-refractivity contribution in [3.63, 3.8) is 0 Å². The van der Waals surface area contributed by atoms with Gasteiger partial charge in [0.2, 0.25) is 0 Å². The average Bonchev–Trinajstić information content (AvgIpc) is 3.26. The van der Waals surface area contributed by atoms with Crippen molar-refractivity contribution in [2.75, 3.05) is 5.73 Å². The summed E-state index contributed by atoms with van der Waals surface area (Å²) < 4.78 is 3.47. The fraction of sp³-hybridized carbons (Fsp3) is 0.103. The Hall–Kier alpha value is -4.69. The monoisotopic (exact) mass is 522 g/mol. The zero-order valence-corrected chi connectivity index (χ0v) is 21.4. The molecule has 38 heavy (non-hydrogen) atoms. The summed E-state index contributed by atoms with van der Waals surface area (Å²) in [5.74, 6) is 0.239. The van der Waals surface area contributed by atoms with Gasteiger partial charge >= 0.3 is 0 Å². The van der Waals surface area contributed by atoms with E-state index in [0.717, 1.165) is 27.9 Å². The maximum absolute atomic E-state index is 14.0. The number of nitrogens with two attached hydrogens (primary N) is 1. The van der Waals surface area contributed by atoms with Gasteiger partial charge in [0.25, 0.3) is 5.56 Å². The number of rotatable bonds is 4. The average molecular weight is 523 g/mol. The van der Waals surface area contributed by atoms with Crippen LogP contribution in [-0.4, -0.2) is 29.4 Å². The lowest BCUT2D eigenvalue weighted by Gasteiger charge is -2.17. The smallest absolute Gasteiger partial charge is 0.263 e. The molecular formula is C29H23ClN6O2. The Morgan fingerprint density at radius 2 is 1.74 bits per heavy atom. The third-order valence-corrected chi connectivity index (χ3v) is 7.08. The maximum atomic E-state index is 14.0. The van der Waals surface area contributed by atoms with Crippen molar-refractivity contribution in [1.82, 2.24) is 24.3 Å². The molecule has 0 amide bonds. The highest BCUT2D eigenvalue weighted by atomic mass is 35.5. The summed E-state index contributed by atoms with van der Waals surface area (Å²) in [6.45, 7) is 4.17. The first kappa shape index (κ1) is 23.7. The number of fused-ring (bicyclic) bond motifs is 2. The van der Waals surface area contributed by atoms with Gasteiger partial charge in [-0.05, 0) is 60.7 Å². The minimum atomic E-state index is -0.0963. The molecule has 0 fully saturated rings. The molecule has 0 unspecified atom stereocenters. The van der Waals surface area contributed by atoms with E-state index in [1.165, 1.54) is 12.4 Å². The Bertz CT molecular complexity index is 1940. The van der Waals surface area contributed by atoms with Crippen LogP contribution >= 0.6 is 11.6 Å². The number of hydrogen-bond donors (Lipinski definition) is 2. The van der Waals surface area contributed by atoms with Crippen molar-refractivity contribution < 1.29 is 5.11 Å². The van der Waals surface area contributed by atoms with E-state index in [9.17, 15) is 9.90 Å². The molecule has 0 radical (unpaired) electrons. The van der Waals surface area contributed by atoms with Crippen LogP contribution < -0.4 is 11.3 Å². The number of halogens is 1. The number of nitrogen functional groups attached to an aromatic ring is 1. The van der Waals surface area contributed by atoms with Crippen LogP contribution in [0.1, 0.15) is 16.8 Å². The van der Waals surface area contributed by atoms with E-state index in [0.29, 0.717) is 27.7 Å². The molecule has 0 saturated carbocycles. The molecule has 0 atom stereocenters. The van der Waals surface area contributed by atoms with E-state index in [2.05, 4.69) is 9.97 Å². The lowest BCUT2D eigenvalue weighted by atomic mass is 10.1. The summed E-state index contributed by atoms with van der Waals surface area (Å²) in [6.07, 6.45) is 1.39. The number of aromatic hydroxyl groups is 1. The third kappa shape index (κ3) is 3.77. The Morgan fingerprint density at radius 3 is 2.53 bits per heavy atom. The van der Waals surface area contributed by atoms with Gasteiger partial charge in [-0.15, -0.1) is 0 Å². The minimum absolute atomic E-state index is 0.0305. The highest BCUT2D eigenvalue weighted by Gasteiger charge is 2.20. The van der Waals surface area contributed by atoms with Gasteiger partial charge < -0.3 is 10.8 Å². The van der Waals surface area contributed by atoms with E-state index >= 15 is 0 Å². The Morgan fingerprint density at radius 1 is 0.947 bits per heavy atom. The third-order valence-electron chi connectivity index (χ3n) is 6.78. The number of aryl methyl sites for hydroxylation is 2. The van der Waals surface area contributed by atoms with Gasteiger partial charge in [0.15, 0.2) is 5.65 Å². The molecule has 0 aliphatic heterocycles. The van der Waals surface area contributed by atoms with E-state index in [1.807, 2.05) is 62.4 Å². The van der Waals surface area contributed by atoms with Crippen LogP contribution in [0.15, 0.2) is 77.9 Å². The molecule has 3 aromatic carbocycles. The van der Waals surface area contributed by atoms with Crippen LogP contribution in [0, 0.1) is 13.8 Å². The lowest BCUT2D eigenvalue weighted by molar-refractivity contribution is 0.475. The Labute approximate surface area is 222 Å². The molecule has 3 heterocycles. The second kappa shape index (κ2) is 9.00. The normalized spacial score (nSPS) is 11.4. The van der Waals surface area contributed by atoms with E-state index in [4.69, 9.17) is 22.4 Å². The van der Waals surface area contributed by atoms with Crippen LogP contribution in [0.4, 0.5) is 5.82 Å². The van der Waals surface area contributed by atoms with Gasteiger partial charge in [0.05, 0.1) is 28.0 Å². The zero-order chi connectivity index (χ0) is 26.6. The fourth-order valence-corrected chi connectivity index (χ4v) is 5.11. The van der Waals surface area contributed by atoms with E-state index in [1.54, 1.807) is 21.4 Å². The first-order valence-electron chi connectivity index (χ1n) is 12.0. The first-order valence-corrected chi connectivity index (χ1v) is 12.4. The predicted octanol–water partition coefficient (Wildman–Crippen LogP) is 5.40. The van der Waals surface area contributed by atoms with Gasteiger partial charge in [0.1, 0.15) is 23.6 Å². The van der Waals surface area contributed by atoms with Crippen molar-refractivity contribution in [2.24, 2.45) is 0 Å². The molecule has 8 nitrogen and oxygen atoms in total. The Kier molecular flexibility index (Phi) is 5.61. The summed E-state index contributed by atoms with van der Waals surface area (Å²) in [5, 5.41) is 17.1. The number of aromatic nitrogens is 5. The van der Waals surface area contributed by atoms with E-state index in [-0.39, 0.29) is 28.7 Å². The van der Waals surface area contributed by atoms with Crippen molar-refractivity contribution >= 4 is 39.2 Å². The molecule has 0 aliphatic rings. The number of para-hydroxylation sites is 1. The topological polar surface area (TPSA) is 112 Å². The molecule has 0 aliphatic carbocycles. The van der Waals surface area contributed by atoms with Crippen molar-refractivity contribution in [1.29, 1.82) is 0 Å². The molecule has 0 saturated heterocycles. The molecule has 6 rings (SSSR count). The van der Waals surface area contributed by atoms with E-state index < -0.39 is 0 Å². The minimum Gasteiger partial charge on any atom is -0.506 e. The summed E-state index contributed by atoms with van der Waals surface area (Å²) >= 11 is 6.20. The quantitative estimate of drug-likeness (QED) is 0.320. The van der Waals surface area contributed by atoms with Gasteiger partial charge in [-0.25, -0.2) is 14.6 Å². The van der Waals surface area contributed by atoms with Crippen LogP contribution in [0.5, 0.6) is 5.75 Å². The number of benzene rings is 3. The van der Waals surface area contributed by atoms with Gasteiger partial charge in [-0.1, -0.05) is 48.0 Å². The van der Waals surface area contributed by atoms with Crippen LogP contribution in [0.3, 0.4) is 0 Å².